The Balaban J connectivity index is 1.85. The number of rotatable bonds is 6. The predicted molar refractivity (Wildman–Crippen MR) is 99.0 cm³/mol. The van der Waals surface area contributed by atoms with Gasteiger partial charge in [0.25, 0.3) is 11.6 Å². The van der Waals surface area contributed by atoms with Crippen LogP contribution in [0.1, 0.15) is 30.6 Å². The number of aryl methyl sites for hydroxylation is 1. The number of carbonyl (C=O) groups excluding carboxylic acids is 2. The molecule has 1 fully saturated rings. The predicted octanol–water partition coefficient (Wildman–Crippen LogP) is 3.78. The van der Waals surface area contributed by atoms with E-state index in [1.54, 1.807) is 43.3 Å². The number of anilines is 1. The fourth-order valence-corrected chi connectivity index (χ4v) is 2.85. The van der Waals surface area contributed by atoms with Gasteiger partial charge in [0.05, 0.1) is 10.8 Å². The van der Waals surface area contributed by atoms with Gasteiger partial charge in [0, 0.05) is 11.6 Å². The van der Waals surface area contributed by atoms with E-state index in [-0.39, 0.29) is 23.2 Å². The molecule has 0 aliphatic heterocycles. The molecule has 2 aromatic rings. The molecule has 1 saturated carbocycles. The van der Waals surface area contributed by atoms with Crippen LogP contribution in [0.25, 0.3) is 0 Å². The lowest BCUT2D eigenvalue weighted by atomic mass is 10.1. The number of nitrogens with zero attached hydrogens (tertiary/aromatic N) is 1. The number of hydrogen-bond acceptors (Lipinski definition) is 5. The molecule has 7 nitrogen and oxygen atoms in total. The molecular weight excluding hydrogens is 348 g/mol. The number of benzene rings is 2. The average molecular weight is 368 g/mol. The fourth-order valence-electron chi connectivity index (χ4n) is 2.85. The van der Waals surface area contributed by atoms with Gasteiger partial charge in [0.15, 0.2) is 0 Å². The molecule has 3 rings (SSSR count). The molecule has 1 aliphatic carbocycles. The third kappa shape index (κ3) is 4.31. The van der Waals surface area contributed by atoms with Crippen LogP contribution in [0.5, 0.6) is 0 Å². The molecule has 1 amide bonds. The molecule has 3 unspecified atom stereocenters. The summed E-state index contributed by atoms with van der Waals surface area (Å²) in [7, 11) is 0. The molecule has 0 saturated heterocycles. The minimum absolute atomic E-state index is 0.0624. The van der Waals surface area contributed by atoms with Gasteiger partial charge < -0.3 is 10.1 Å². The van der Waals surface area contributed by atoms with Crippen LogP contribution in [0.3, 0.4) is 0 Å². The van der Waals surface area contributed by atoms with E-state index in [1.165, 1.54) is 12.1 Å². The van der Waals surface area contributed by atoms with E-state index in [9.17, 15) is 19.7 Å². The molecule has 3 atom stereocenters. The van der Waals surface area contributed by atoms with Gasteiger partial charge in [-0.1, -0.05) is 43.3 Å². The molecule has 27 heavy (non-hydrogen) atoms. The maximum Gasteiger partial charge on any atom is 0.310 e. The number of ether oxygens (including phenoxy) is 1. The number of amides is 1. The van der Waals surface area contributed by atoms with Crippen molar-refractivity contribution < 1.29 is 19.2 Å². The second kappa shape index (κ2) is 7.57. The van der Waals surface area contributed by atoms with Crippen molar-refractivity contribution in [2.24, 2.45) is 11.8 Å². The highest BCUT2D eigenvalue weighted by atomic mass is 16.6. The fraction of sp³-hybridized carbons (Fsp3) is 0.300. The van der Waals surface area contributed by atoms with Gasteiger partial charge in [-0.15, -0.1) is 0 Å². The normalized spacial score (nSPS) is 19.0. The van der Waals surface area contributed by atoms with Crippen molar-refractivity contribution in [3.8, 4) is 0 Å². The lowest BCUT2D eigenvalue weighted by Gasteiger charge is -2.18. The summed E-state index contributed by atoms with van der Waals surface area (Å²) in [5.74, 6) is -1.01. The highest BCUT2D eigenvalue weighted by Gasteiger charge is 2.42. The molecule has 0 radical (unpaired) electrons. The molecule has 1 N–H and O–H groups in total. The second-order valence-electron chi connectivity index (χ2n) is 6.81. The zero-order valence-electron chi connectivity index (χ0n) is 15.0. The lowest BCUT2D eigenvalue weighted by molar-refractivity contribution is -0.384. The Morgan fingerprint density at radius 1 is 1.22 bits per heavy atom. The molecule has 0 bridgehead atoms. The number of nitro benzene ring substituents is 1. The zero-order chi connectivity index (χ0) is 19.6. The van der Waals surface area contributed by atoms with Gasteiger partial charge >= 0.3 is 5.97 Å². The van der Waals surface area contributed by atoms with E-state index < -0.39 is 22.9 Å². The van der Waals surface area contributed by atoms with E-state index >= 15 is 0 Å². The average Bonchev–Trinajstić information content (AvgIpc) is 3.38. The number of hydrogen-bond donors (Lipinski definition) is 1. The monoisotopic (exact) mass is 368 g/mol. The molecular formula is C20H20N2O5. The molecule has 0 aromatic heterocycles. The Hall–Kier alpha value is -3.22. The number of esters is 1. The molecule has 0 heterocycles. The van der Waals surface area contributed by atoms with Crippen molar-refractivity contribution >= 4 is 23.3 Å². The van der Waals surface area contributed by atoms with Crippen LogP contribution in [-0.2, 0) is 14.3 Å². The molecule has 2 aromatic carbocycles. The number of nitrogens with one attached hydrogen (secondary N) is 1. The minimum atomic E-state index is -1.17. The largest absolute Gasteiger partial charge is 0.447 e. The summed E-state index contributed by atoms with van der Waals surface area (Å²) in [6, 6.07) is 13.1. The van der Waals surface area contributed by atoms with Crippen LogP contribution in [0.4, 0.5) is 11.4 Å². The number of nitro groups is 1. The summed E-state index contributed by atoms with van der Waals surface area (Å²) in [5.41, 5.74) is 1.06. The van der Waals surface area contributed by atoms with Crippen molar-refractivity contribution in [3.05, 3.63) is 69.8 Å². The molecule has 1 aliphatic rings. The van der Waals surface area contributed by atoms with Crippen LogP contribution in [0.15, 0.2) is 48.5 Å². The smallest absolute Gasteiger partial charge is 0.310 e. The highest BCUT2D eigenvalue weighted by molar-refractivity contribution is 5.98. The first-order valence-corrected chi connectivity index (χ1v) is 8.68. The topological polar surface area (TPSA) is 98.5 Å². The molecule has 7 heteroatoms. The van der Waals surface area contributed by atoms with Crippen molar-refractivity contribution in [1.29, 1.82) is 0 Å². The Kier molecular flexibility index (Phi) is 5.21. The Morgan fingerprint density at radius 2 is 1.89 bits per heavy atom. The quantitative estimate of drug-likeness (QED) is 0.475. The van der Waals surface area contributed by atoms with Crippen molar-refractivity contribution in [3.63, 3.8) is 0 Å². The first-order chi connectivity index (χ1) is 12.9. The van der Waals surface area contributed by atoms with Gasteiger partial charge in [-0.25, -0.2) is 0 Å². The van der Waals surface area contributed by atoms with E-state index in [4.69, 9.17) is 4.74 Å². The van der Waals surface area contributed by atoms with Crippen LogP contribution in [-0.4, -0.2) is 16.8 Å². The third-order valence-electron chi connectivity index (χ3n) is 4.59. The van der Waals surface area contributed by atoms with Gasteiger partial charge in [0.1, 0.15) is 5.69 Å². The van der Waals surface area contributed by atoms with Crippen molar-refractivity contribution in [1.82, 2.24) is 0 Å². The van der Waals surface area contributed by atoms with Crippen LogP contribution < -0.4 is 5.32 Å². The highest BCUT2D eigenvalue weighted by Crippen LogP contribution is 2.40. The van der Waals surface area contributed by atoms with E-state index in [1.807, 2.05) is 6.92 Å². The number of carbonyl (C=O) groups is 2. The van der Waals surface area contributed by atoms with Crippen molar-refractivity contribution in [2.75, 3.05) is 5.32 Å². The minimum Gasteiger partial charge on any atom is -0.447 e. The SMILES string of the molecule is Cc1ccc(NC(=O)C(OC(=O)C2CC2C)c2ccccc2)c([N+](=O)[O-])c1. The van der Waals surface area contributed by atoms with Crippen LogP contribution in [0, 0.1) is 28.9 Å². The van der Waals surface area contributed by atoms with Crippen molar-refractivity contribution in [2.45, 2.75) is 26.4 Å². The standard InChI is InChI=1S/C20H20N2O5/c1-12-8-9-16(17(10-12)22(25)26)21-19(23)18(14-6-4-3-5-7-14)27-20(24)15-11-13(15)2/h3-10,13,15,18H,11H2,1-2H3,(H,21,23). The summed E-state index contributed by atoms with van der Waals surface area (Å²) in [4.78, 5) is 35.8. The summed E-state index contributed by atoms with van der Waals surface area (Å²) in [6.45, 7) is 3.67. The Labute approximate surface area is 156 Å². The lowest BCUT2D eigenvalue weighted by Crippen LogP contribution is -2.27. The zero-order valence-corrected chi connectivity index (χ0v) is 15.0. The Bertz CT molecular complexity index is 881. The summed E-state index contributed by atoms with van der Waals surface area (Å²) >= 11 is 0. The third-order valence-corrected chi connectivity index (χ3v) is 4.59. The molecule has 140 valence electrons. The summed E-state index contributed by atoms with van der Waals surface area (Å²) in [6.07, 6.45) is -0.432. The maximum absolute atomic E-state index is 12.8. The second-order valence-corrected chi connectivity index (χ2v) is 6.81. The van der Waals surface area contributed by atoms with Crippen LogP contribution >= 0.6 is 0 Å². The summed E-state index contributed by atoms with van der Waals surface area (Å²) in [5, 5.41) is 13.8. The first kappa shape index (κ1) is 18.6. The van der Waals surface area contributed by atoms with Gasteiger partial charge in [-0.05, 0) is 30.9 Å². The van der Waals surface area contributed by atoms with Gasteiger partial charge in [-0.3, -0.25) is 19.7 Å². The van der Waals surface area contributed by atoms with E-state index in [0.29, 0.717) is 11.1 Å². The first-order valence-electron chi connectivity index (χ1n) is 8.68. The summed E-state index contributed by atoms with van der Waals surface area (Å²) < 4.78 is 5.47. The van der Waals surface area contributed by atoms with E-state index in [2.05, 4.69) is 5.32 Å². The molecule has 0 spiro atoms. The maximum atomic E-state index is 12.8. The van der Waals surface area contributed by atoms with Gasteiger partial charge in [-0.2, -0.15) is 0 Å². The Morgan fingerprint density at radius 3 is 2.48 bits per heavy atom. The van der Waals surface area contributed by atoms with Crippen LogP contribution in [0.2, 0.25) is 0 Å². The van der Waals surface area contributed by atoms with E-state index in [0.717, 1.165) is 6.42 Å². The van der Waals surface area contributed by atoms with Gasteiger partial charge in [0.2, 0.25) is 6.10 Å².